The first kappa shape index (κ1) is 49.8. The van der Waals surface area contributed by atoms with Crippen molar-refractivity contribution in [2.24, 2.45) is 5.73 Å². The van der Waals surface area contributed by atoms with Gasteiger partial charge in [-0.05, 0) is 33.7 Å². The summed E-state index contributed by atoms with van der Waals surface area (Å²) in [7, 11) is -8.83. The number of sulfonamides is 1. The third-order valence-electron chi connectivity index (χ3n) is 8.04. The van der Waals surface area contributed by atoms with Crippen molar-refractivity contribution in [3.8, 4) is 0 Å². The number of hydrogen-bond donors (Lipinski definition) is 5. The molecular formula is C27H29N11Na2O15S4. The van der Waals surface area contributed by atoms with Gasteiger partial charge < -0.3 is 40.7 Å². The molecule has 3 aliphatic rings. The van der Waals surface area contributed by atoms with E-state index in [9.17, 15) is 60.1 Å². The minimum absolute atomic E-state index is 0. The van der Waals surface area contributed by atoms with Crippen LogP contribution in [0.1, 0.15) is 11.6 Å². The van der Waals surface area contributed by atoms with Gasteiger partial charge in [0.25, 0.3) is 5.91 Å². The molecule has 0 saturated carbocycles. The summed E-state index contributed by atoms with van der Waals surface area (Å²) in [5.41, 5.74) is 5.01. The average molecular weight is 922 g/mol. The second kappa shape index (κ2) is 20.3. The predicted octanol–water partition coefficient (Wildman–Crippen LogP) is -10.2. The summed E-state index contributed by atoms with van der Waals surface area (Å²) >= 11 is 1.82. The number of ether oxygens (including phenoxy) is 1. The number of nitrogens with two attached hydrogens (primary N) is 1. The maximum atomic E-state index is 13.8. The van der Waals surface area contributed by atoms with Crippen LogP contribution in [0.2, 0.25) is 0 Å². The van der Waals surface area contributed by atoms with Gasteiger partial charge in [0, 0.05) is 17.2 Å². The van der Waals surface area contributed by atoms with Crippen molar-refractivity contribution >= 4 is 91.3 Å². The normalized spacial score (nSPS) is 18.7. The van der Waals surface area contributed by atoms with Crippen LogP contribution in [0.5, 0.6) is 0 Å². The molecule has 2 aromatic rings. The number of urea groups is 2. The average Bonchev–Trinajstić information content (AvgIpc) is 3.75. The zero-order valence-corrected chi connectivity index (χ0v) is 38.1. The fourth-order valence-electron chi connectivity index (χ4n) is 5.37. The van der Waals surface area contributed by atoms with Crippen LogP contribution in [0, 0.1) is 0 Å². The van der Waals surface area contributed by atoms with Crippen molar-refractivity contribution in [1.29, 1.82) is 0 Å². The van der Waals surface area contributed by atoms with Gasteiger partial charge >= 0.3 is 83.2 Å². The number of nitrogens with zero attached hydrogens (tertiary/aromatic N) is 7. The molecule has 1 aromatic heterocycles. The van der Waals surface area contributed by atoms with E-state index in [4.69, 9.17) is 15.6 Å². The number of carbonyl (C=O) groups is 7. The summed E-state index contributed by atoms with van der Waals surface area (Å²) < 4.78 is 63.4. The van der Waals surface area contributed by atoms with Gasteiger partial charge in [-0.1, -0.05) is 23.9 Å². The standard InChI is InChI=1S/C27H31N11O15S4.2Na/c1-56(48,49)37-7-6-35(27(37)47)24(45)31-16(12-2-4-14(5-3-12)29-26(46)53-8-15(28)22(41)42)19(39)30-17-20(40)38-18(23(43)44)13(9-54-21(17)38)10-55-25-32-33-34-36(25)11-57(50,51)52;;/h2-5,15-17,21H,6-11,28H2,1H3,(H,29,46)(H,30,39)(H,31,45)(H,41,42)(H,43,44)(H,50,51,52);;/q;2*+1/p-2/t15-,16-,17-,21+;;/m1../s1. The molecule has 26 nitrogen and oxygen atoms in total. The molecule has 308 valence electrons. The number of imide groups is 1. The zero-order chi connectivity index (χ0) is 42.0. The third kappa shape index (κ3) is 12.1. The predicted molar refractivity (Wildman–Crippen MR) is 187 cm³/mol. The fraction of sp³-hybridized carbons (Fsp3) is 0.407. The molecule has 59 heavy (non-hydrogen) atoms. The molecule has 0 aliphatic carbocycles. The second-order valence-corrected chi connectivity index (χ2v) is 17.3. The van der Waals surface area contributed by atoms with Gasteiger partial charge in [0.05, 0.1) is 31.0 Å². The number of β-lactam (4-membered cyclic amide) rings is 1. The van der Waals surface area contributed by atoms with E-state index in [0.717, 1.165) is 34.7 Å². The first-order valence-electron chi connectivity index (χ1n) is 15.8. The van der Waals surface area contributed by atoms with Gasteiger partial charge in [-0.3, -0.25) is 24.6 Å². The van der Waals surface area contributed by atoms with Crippen LogP contribution in [0.3, 0.4) is 0 Å². The Kier molecular flexibility index (Phi) is 17.2. The summed E-state index contributed by atoms with van der Waals surface area (Å²) in [6.45, 7) is -1.39. The molecular weight excluding hydrogens is 893 g/mol. The van der Waals surface area contributed by atoms with Gasteiger partial charge in [0.2, 0.25) is 21.1 Å². The number of carboxylic acid groups (broad SMARTS) is 2. The number of tetrazole rings is 1. The van der Waals surface area contributed by atoms with Crippen molar-refractivity contribution in [2.75, 3.05) is 42.8 Å². The molecule has 4 atom stereocenters. The minimum atomic E-state index is -4.78. The maximum Gasteiger partial charge on any atom is 1.00 e. The molecule has 0 bridgehead atoms. The summed E-state index contributed by atoms with van der Waals surface area (Å²) in [6.07, 6.45) is -0.320. The van der Waals surface area contributed by atoms with Gasteiger partial charge in [-0.2, -0.15) is 0 Å². The Hall–Kier alpha value is -3.56. The number of aromatic nitrogens is 4. The second-order valence-electron chi connectivity index (χ2n) is 12.0. The molecule has 6 N–H and O–H groups in total. The van der Waals surface area contributed by atoms with E-state index >= 15 is 0 Å². The first-order valence-corrected chi connectivity index (χ1v) is 21.2. The van der Waals surface area contributed by atoms with Gasteiger partial charge in [-0.25, -0.2) is 45.1 Å². The molecule has 4 heterocycles. The van der Waals surface area contributed by atoms with E-state index in [1.807, 2.05) is 0 Å². The molecule has 0 radical (unpaired) electrons. The third-order valence-corrected chi connectivity index (χ3v) is 12.1. The Morgan fingerprint density at radius 3 is 2.34 bits per heavy atom. The van der Waals surface area contributed by atoms with Crippen molar-refractivity contribution in [2.45, 2.75) is 34.5 Å². The quantitative estimate of drug-likeness (QED) is 0.0479. The number of carbonyl (C=O) groups excluding carboxylic acids is 6. The number of thioether (sulfide) groups is 2. The number of anilines is 1. The summed E-state index contributed by atoms with van der Waals surface area (Å²) in [6, 6.07) is -1.89. The van der Waals surface area contributed by atoms with Crippen LogP contribution >= 0.6 is 23.5 Å². The van der Waals surface area contributed by atoms with E-state index in [1.165, 1.54) is 24.3 Å². The van der Waals surface area contributed by atoms with Crippen LogP contribution in [0.25, 0.3) is 0 Å². The molecule has 32 heteroatoms. The minimum Gasteiger partial charge on any atom is -0.747 e. The molecule has 0 spiro atoms. The van der Waals surface area contributed by atoms with Crippen LogP contribution in [0.4, 0.5) is 20.1 Å². The molecule has 7 amide bonds. The van der Waals surface area contributed by atoms with E-state index in [1.54, 1.807) is 0 Å². The molecule has 2 fully saturated rings. The summed E-state index contributed by atoms with van der Waals surface area (Å²) in [4.78, 5) is 90.0. The van der Waals surface area contributed by atoms with E-state index in [0.29, 0.717) is 13.9 Å². The smallest absolute Gasteiger partial charge is 0.747 e. The molecule has 2 saturated heterocycles. The van der Waals surface area contributed by atoms with E-state index < -0.39 is 104 Å². The molecule has 0 unspecified atom stereocenters. The van der Waals surface area contributed by atoms with Crippen LogP contribution in [-0.4, -0.2) is 158 Å². The van der Waals surface area contributed by atoms with Crippen LogP contribution < -0.4 is 85.9 Å². The Labute approximate surface area is 386 Å². The number of hydrogen-bond acceptors (Lipinski definition) is 20. The van der Waals surface area contributed by atoms with Gasteiger partial charge in [0.1, 0.15) is 46.1 Å². The van der Waals surface area contributed by atoms with Gasteiger partial charge in [0.15, 0.2) is 0 Å². The van der Waals surface area contributed by atoms with E-state index in [2.05, 4.69) is 31.5 Å². The molecule has 1 aromatic carbocycles. The number of rotatable bonds is 15. The molecule has 5 rings (SSSR count). The Balaban J connectivity index is 0.00000465. The fourth-order valence-corrected chi connectivity index (χ4v) is 9.08. The van der Waals surface area contributed by atoms with Crippen molar-refractivity contribution in [3.63, 3.8) is 0 Å². The number of carboxylic acids is 2. The van der Waals surface area contributed by atoms with Crippen molar-refractivity contribution < 1.29 is 129 Å². The summed E-state index contributed by atoms with van der Waals surface area (Å²) in [5, 5.41) is 37.4. The Morgan fingerprint density at radius 2 is 1.76 bits per heavy atom. The Bertz CT molecular complexity index is 2260. The molecule has 3 aliphatic heterocycles. The number of nitrogens with one attached hydrogen (secondary N) is 3. The largest absolute Gasteiger partial charge is 1.00 e. The zero-order valence-electron chi connectivity index (χ0n) is 30.9. The van der Waals surface area contributed by atoms with Crippen LogP contribution in [0.15, 0.2) is 40.7 Å². The van der Waals surface area contributed by atoms with Crippen LogP contribution in [-0.2, 0) is 49.9 Å². The van der Waals surface area contributed by atoms with Gasteiger partial charge in [-0.15, -0.1) is 16.9 Å². The number of amides is 7. The monoisotopic (exact) mass is 921 g/mol. The Morgan fingerprint density at radius 1 is 1.10 bits per heavy atom. The SMILES string of the molecule is CS(=O)(=O)N1CCN(C(=O)N[C@@H](C(=O)N[C@@H]2C(=O)N3C(C(=O)[O-])=C(CSc4nnnn4CS(=O)(=O)[O-])CS[C@@H]23)c2ccc(NC(=O)OC[C@@H](N)C(=O)O)cc2)C1=O.[Na+].[Na+]. The number of aliphatic carboxylic acids is 2. The number of benzene rings is 1. The number of fused-ring (bicyclic) bond motifs is 1. The maximum absolute atomic E-state index is 13.8. The first-order chi connectivity index (χ1) is 26.7. The topological polar surface area (TPSA) is 379 Å². The van der Waals surface area contributed by atoms with Crippen molar-refractivity contribution in [3.05, 3.63) is 41.1 Å². The van der Waals surface area contributed by atoms with E-state index in [-0.39, 0.29) is 106 Å². The summed E-state index contributed by atoms with van der Waals surface area (Å²) in [5.74, 6) is -6.39. The van der Waals surface area contributed by atoms with Crippen molar-refractivity contribution in [1.82, 2.24) is 44.9 Å².